The fourth-order valence-corrected chi connectivity index (χ4v) is 2.43. The van der Waals surface area contributed by atoms with Crippen LogP contribution in [0.4, 0.5) is 16.3 Å². The molecule has 0 aliphatic rings. The number of rotatable bonds is 3. The summed E-state index contributed by atoms with van der Waals surface area (Å²) >= 11 is 5.89. The van der Waals surface area contributed by atoms with Gasteiger partial charge in [-0.25, -0.2) is 19.7 Å². The van der Waals surface area contributed by atoms with Crippen molar-refractivity contribution >= 4 is 40.4 Å². The Morgan fingerprint density at radius 2 is 2.00 bits per heavy atom. The van der Waals surface area contributed by atoms with Crippen LogP contribution in [-0.2, 0) is 0 Å². The zero-order valence-corrected chi connectivity index (χ0v) is 13.5. The Morgan fingerprint density at radius 1 is 1.29 bits per heavy atom. The number of carboxylic acid groups (broad SMARTS) is 1. The number of nitrogen functional groups attached to an aromatic ring is 1. The maximum absolute atomic E-state index is 11.3. The van der Waals surface area contributed by atoms with E-state index in [-0.39, 0.29) is 18.0 Å². The summed E-state index contributed by atoms with van der Waals surface area (Å²) in [6.45, 7) is 1.96. The summed E-state index contributed by atoms with van der Waals surface area (Å²) in [5.74, 6) is 0.220. The highest BCUT2D eigenvalue weighted by Crippen LogP contribution is 2.25. The standard InChI is InChI=1S/C16H14ClN5O2/c1-2-22(16(23)24)13-7-11(18)14-15(21-13)20-12(8-19-14)9-3-5-10(17)6-4-9/h3-8H,2H2,1H3,(H,23,24)(H2,18,20,21). The third-order valence-electron chi connectivity index (χ3n) is 3.50. The second-order valence-electron chi connectivity index (χ2n) is 5.03. The van der Waals surface area contributed by atoms with Gasteiger partial charge in [0.25, 0.3) is 0 Å². The molecule has 0 atom stereocenters. The number of pyridine rings is 1. The van der Waals surface area contributed by atoms with Crippen molar-refractivity contribution in [2.45, 2.75) is 6.92 Å². The van der Waals surface area contributed by atoms with Gasteiger partial charge in [-0.3, -0.25) is 4.90 Å². The molecule has 0 saturated heterocycles. The first-order valence-corrected chi connectivity index (χ1v) is 7.57. The van der Waals surface area contributed by atoms with Gasteiger partial charge < -0.3 is 10.8 Å². The number of aromatic nitrogens is 3. The van der Waals surface area contributed by atoms with E-state index in [1.165, 1.54) is 6.07 Å². The lowest BCUT2D eigenvalue weighted by atomic mass is 10.1. The quantitative estimate of drug-likeness (QED) is 0.754. The predicted octanol–water partition coefficient (Wildman–Crippen LogP) is 3.43. The third kappa shape index (κ3) is 2.93. The summed E-state index contributed by atoms with van der Waals surface area (Å²) < 4.78 is 0. The smallest absolute Gasteiger partial charge is 0.413 e. The molecular formula is C16H14ClN5O2. The second kappa shape index (κ2) is 6.29. The number of fused-ring (bicyclic) bond motifs is 1. The predicted molar refractivity (Wildman–Crippen MR) is 93.2 cm³/mol. The highest BCUT2D eigenvalue weighted by atomic mass is 35.5. The summed E-state index contributed by atoms with van der Waals surface area (Å²) in [6, 6.07) is 8.63. The number of nitrogens with two attached hydrogens (primary N) is 1. The molecule has 2 aromatic heterocycles. The number of amides is 1. The normalized spacial score (nSPS) is 10.8. The van der Waals surface area contributed by atoms with E-state index in [0.717, 1.165) is 10.5 Å². The van der Waals surface area contributed by atoms with E-state index in [0.29, 0.717) is 21.9 Å². The third-order valence-corrected chi connectivity index (χ3v) is 3.75. The molecule has 0 fully saturated rings. The van der Waals surface area contributed by atoms with Crippen LogP contribution in [0.2, 0.25) is 5.02 Å². The molecule has 24 heavy (non-hydrogen) atoms. The van der Waals surface area contributed by atoms with Crippen molar-refractivity contribution in [2.24, 2.45) is 0 Å². The Hall–Kier alpha value is -2.93. The summed E-state index contributed by atoms with van der Waals surface area (Å²) in [5.41, 5.74) is 8.44. The first-order chi connectivity index (χ1) is 11.5. The fraction of sp³-hybridized carbons (Fsp3) is 0.125. The van der Waals surface area contributed by atoms with Crippen LogP contribution in [0, 0.1) is 0 Å². The van der Waals surface area contributed by atoms with E-state index in [2.05, 4.69) is 15.0 Å². The molecular weight excluding hydrogens is 330 g/mol. The van der Waals surface area contributed by atoms with Crippen molar-refractivity contribution < 1.29 is 9.90 Å². The number of hydrogen-bond acceptors (Lipinski definition) is 5. The monoisotopic (exact) mass is 343 g/mol. The average Bonchev–Trinajstić information content (AvgIpc) is 2.55. The summed E-state index contributed by atoms with van der Waals surface area (Å²) in [4.78, 5) is 25.4. The lowest BCUT2D eigenvalue weighted by Crippen LogP contribution is -2.29. The molecule has 0 aliphatic heterocycles. The first-order valence-electron chi connectivity index (χ1n) is 7.19. The zero-order valence-electron chi connectivity index (χ0n) is 12.8. The minimum Gasteiger partial charge on any atom is -0.465 e. The van der Waals surface area contributed by atoms with Gasteiger partial charge >= 0.3 is 6.09 Å². The molecule has 0 saturated carbocycles. The fourth-order valence-electron chi connectivity index (χ4n) is 2.30. The van der Waals surface area contributed by atoms with E-state index in [1.807, 2.05) is 12.1 Å². The van der Waals surface area contributed by atoms with E-state index in [1.54, 1.807) is 25.3 Å². The van der Waals surface area contributed by atoms with E-state index >= 15 is 0 Å². The van der Waals surface area contributed by atoms with Crippen LogP contribution >= 0.6 is 11.6 Å². The molecule has 3 aromatic rings. The largest absolute Gasteiger partial charge is 0.465 e. The van der Waals surface area contributed by atoms with Gasteiger partial charge in [0.2, 0.25) is 0 Å². The van der Waals surface area contributed by atoms with Crippen LogP contribution in [0.1, 0.15) is 6.92 Å². The highest BCUT2D eigenvalue weighted by molar-refractivity contribution is 6.30. The molecule has 7 nitrogen and oxygen atoms in total. The Balaban J connectivity index is 2.13. The number of nitrogens with zero attached hydrogens (tertiary/aromatic N) is 4. The van der Waals surface area contributed by atoms with E-state index in [4.69, 9.17) is 17.3 Å². The maximum Gasteiger partial charge on any atom is 0.413 e. The van der Waals surface area contributed by atoms with Gasteiger partial charge in [-0.15, -0.1) is 0 Å². The summed E-state index contributed by atoms with van der Waals surface area (Å²) in [7, 11) is 0. The average molecular weight is 344 g/mol. The molecule has 1 amide bonds. The Bertz CT molecular complexity index is 914. The Labute approximate surface area is 142 Å². The summed E-state index contributed by atoms with van der Waals surface area (Å²) in [5, 5.41) is 9.87. The van der Waals surface area contributed by atoms with E-state index in [9.17, 15) is 9.90 Å². The van der Waals surface area contributed by atoms with Crippen molar-refractivity contribution in [2.75, 3.05) is 17.2 Å². The molecule has 0 bridgehead atoms. The Morgan fingerprint density at radius 3 is 2.62 bits per heavy atom. The number of hydrogen-bond donors (Lipinski definition) is 2. The molecule has 0 aliphatic carbocycles. The van der Waals surface area contributed by atoms with Gasteiger partial charge in [-0.1, -0.05) is 23.7 Å². The molecule has 1 aromatic carbocycles. The van der Waals surface area contributed by atoms with Crippen molar-refractivity contribution in [3.63, 3.8) is 0 Å². The molecule has 8 heteroatoms. The van der Waals surface area contributed by atoms with Crippen molar-refractivity contribution in [3.05, 3.63) is 41.6 Å². The number of benzene rings is 1. The topological polar surface area (TPSA) is 105 Å². The lowest BCUT2D eigenvalue weighted by molar-refractivity contribution is 0.202. The van der Waals surface area contributed by atoms with Crippen LogP contribution < -0.4 is 10.6 Å². The van der Waals surface area contributed by atoms with Crippen LogP contribution in [0.5, 0.6) is 0 Å². The molecule has 3 N–H and O–H groups in total. The number of anilines is 2. The van der Waals surface area contributed by atoms with Gasteiger partial charge in [0.1, 0.15) is 11.3 Å². The molecule has 122 valence electrons. The Kier molecular flexibility index (Phi) is 4.18. The highest BCUT2D eigenvalue weighted by Gasteiger charge is 2.17. The van der Waals surface area contributed by atoms with Crippen molar-refractivity contribution in [1.29, 1.82) is 0 Å². The van der Waals surface area contributed by atoms with Crippen molar-refractivity contribution in [1.82, 2.24) is 15.0 Å². The van der Waals surface area contributed by atoms with Gasteiger partial charge in [0.15, 0.2) is 5.65 Å². The molecule has 0 unspecified atom stereocenters. The van der Waals surface area contributed by atoms with Crippen molar-refractivity contribution in [3.8, 4) is 11.3 Å². The van der Waals surface area contributed by atoms with Gasteiger partial charge in [0.05, 0.1) is 17.6 Å². The van der Waals surface area contributed by atoms with Crippen LogP contribution in [0.15, 0.2) is 36.5 Å². The van der Waals surface area contributed by atoms with Gasteiger partial charge in [-0.05, 0) is 19.1 Å². The van der Waals surface area contributed by atoms with Gasteiger partial charge in [0, 0.05) is 23.2 Å². The lowest BCUT2D eigenvalue weighted by Gasteiger charge is -2.16. The SMILES string of the molecule is CCN(C(=O)O)c1cc(N)c2ncc(-c3ccc(Cl)cc3)nc2n1. The molecule has 0 spiro atoms. The number of carbonyl (C=O) groups is 1. The van der Waals surface area contributed by atoms with E-state index < -0.39 is 6.09 Å². The molecule has 2 heterocycles. The second-order valence-corrected chi connectivity index (χ2v) is 5.47. The first kappa shape index (κ1) is 15.9. The molecule has 3 rings (SSSR count). The minimum atomic E-state index is -1.11. The minimum absolute atomic E-state index is 0.220. The van der Waals surface area contributed by atoms with Crippen LogP contribution in [0.25, 0.3) is 22.4 Å². The van der Waals surface area contributed by atoms with Crippen LogP contribution in [-0.4, -0.2) is 32.7 Å². The number of halogens is 1. The zero-order chi connectivity index (χ0) is 17.3. The molecule has 0 radical (unpaired) electrons. The van der Waals surface area contributed by atoms with Crippen LogP contribution in [0.3, 0.4) is 0 Å². The van der Waals surface area contributed by atoms with Gasteiger partial charge in [-0.2, -0.15) is 0 Å². The summed E-state index contributed by atoms with van der Waals surface area (Å²) in [6.07, 6.45) is 0.489. The maximum atomic E-state index is 11.3.